The van der Waals surface area contributed by atoms with E-state index in [4.69, 9.17) is 0 Å². The fraction of sp³-hybridized carbons (Fsp3) is 0.706. The maximum Gasteiger partial charge on any atom is 0.160 e. The molecular formula is C17H30ClN5. The lowest BCUT2D eigenvalue weighted by Crippen LogP contribution is -2.03. The quantitative estimate of drug-likeness (QED) is 0.527. The second-order valence-electron chi connectivity index (χ2n) is 5.96. The van der Waals surface area contributed by atoms with Gasteiger partial charge in [-0.25, -0.2) is 9.97 Å². The number of nitrogens with zero attached hydrogens (tertiary/aromatic N) is 3. The Bertz CT molecular complexity index is 528. The first-order chi connectivity index (χ1) is 10.9. The maximum absolute atomic E-state index is 4.28. The van der Waals surface area contributed by atoms with Crippen LogP contribution in [-0.4, -0.2) is 26.7 Å². The number of nitrogens with one attached hydrogen (secondary N) is 2. The Morgan fingerprint density at radius 3 is 2.26 bits per heavy atom. The van der Waals surface area contributed by atoms with Gasteiger partial charge in [-0.2, -0.15) is 5.10 Å². The lowest BCUT2D eigenvalue weighted by molar-refractivity contribution is 0.560. The zero-order valence-corrected chi connectivity index (χ0v) is 15.0. The fourth-order valence-corrected chi connectivity index (χ4v) is 2.73. The molecule has 6 heteroatoms. The second-order valence-corrected chi connectivity index (χ2v) is 5.96. The van der Waals surface area contributed by atoms with Crippen LogP contribution in [0.1, 0.15) is 71.1 Å². The molecule has 0 aromatic carbocycles. The summed E-state index contributed by atoms with van der Waals surface area (Å²) in [5.41, 5.74) is 0.792. The molecule has 5 nitrogen and oxygen atoms in total. The van der Waals surface area contributed by atoms with E-state index in [0.717, 1.165) is 23.4 Å². The van der Waals surface area contributed by atoms with Gasteiger partial charge in [-0.1, -0.05) is 64.7 Å². The standard InChI is InChI=1S/C17H29N5.ClH/c1-2-3-4-5-6-7-8-9-10-11-12-18-16-15-13-21-22-17(15)20-14-19-16;/h13-14H,2-12H2,1H3,(H2,18,19,20,21,22);1H. The zero-order chi connectivity index (χ0) is 15.5. The van der Waals surface area contributed by atoms with Gasteiger partial charge >= 0.3 is 0 Å². The minimum atomic E-state index is 0. The number of hydrogen-bond donors (Lipinski definition) is 2. The fourth-order valence-electron chi connectivity index (χ4n) is 2.73. The third kappa shape index (κ3) is 7.16. The summed E-state index contributed by atoms with van der Waals surface area (Å²) in [4.78, 5) is 8.42. The molecule has 23 heavy (non-hydrogen) atoms. The molecule has 0 saturated carbocycles. The Kier molecular flexibility index (Phi) is 10.4. The van der Waals surface area contributed by atoms with Crippen molar-refractivity contribution in [3.05, 3.63) is 12.5 Å². The van der Waals surface area contributed by atoms with Crippen molar-refractivity contribution in [2.75, 3.05) is 11.9 Å². The van der Waals surface area contributed by atoms with Crippen LogP contribution in [0.25, 0.3) is 11.0 Å². The van der Waals surface area contributed by atoms with E-state index < -0.39 is 0 Å². The van der Waals surface area contributed by atoms with Crippen molar-refractivity contribution >= 4 is 29.3 Å². The molecule has 2 N–H and O–H groups in total. The van der Waals surface area contributed by atoms with E-state index in [1.54, 1.807) is 12.5 Å². The van der Waals surface area contributed by atoms with Crippen LogP contribution in [-0.2, 0) is 0 Å². The molecule has 0 unspecified atom stereocenters. The Labute approximate surface area is 145 Å². The van der Waals surface area contributed by atoms with E-state index in [1.807, 2.05) is 0 Å². The number of anilines is 1. The number of aromatic nitrogens is 4. The molecule has 0 spiro atoms. The summed E-state index contributed by atoms with van der Waals surface area (Å²) in [5, 5.41) is 11.2. The second kappa shape index (κ2) is 12.1. The van der Waals surface area contributed by atoms with Crippen LogP contribution < -0.4 is 5.32 Å². The van der Waals surface area contributed by atoms with Gasteiger partial charge in [0.15, 0.2) is 5.65 Å². The molecule has 130 valence electrons. The Hall–Kier alpha value is -1.36. The van der Waals surface area contributed by atoms with Crippen LogP contribution in [0.15, 0.2) is 12.5 Å². The predicted molar refractivity (Wildman–Crippen MR) is 99.3 cm³/mol. The Balaban J connectivity index is 0.00000264. The number of H-pyrrole nitrogens is 1. The monoisotopic (exact) mass is 339 g/mol. The van der Waals surface area contributed by atoms with Gasteiger partial charge in [0.05, 0.1) is 11.6 Å². The van der Waals surface area contributed by atoms with Gasteiger partial charge in [0.1, 0.15) is 12.1 Å². The van der Waals surface area contributed by atoms with Crippen molar-refractivity contribution in [1.29, 1.82) is 0 Å². The third-order valence-electron chi connectivity index (χ3n) is 4.07. The van der Waals surface area contributed by atoms with Gasteiger partial charge in [-0.15, -0.1) is 12.4 Å². The number of hydrogen-bond acceptors (Lipinski definition) is 4. The van der Waals surface area contributed by atoms with Crippen molar-refractivity contribution in [3.63, 3.8) is 0 Å². The summed E-state index contributed by atoms with van der Waals surface area (Å²) in [6, 6.07) is 0. The molecule has 0 bridgehead atoms. The predicted octanol–water partition coefficient (Wildman–Crippen LogP) is 5.11. The van der Waals surface area contributed by atoms with E-state index in [-0.39, 0.29) is 12.4 Å². The van der Waals surface area contributed by atoms with Gasteiger partial charge < -0.3 is 5.32 Å². The van der Waals surface area contributed by atoms with Gasteiger partial charge in [-0.05, 0) is 6.42 Å². The third-order valence-corrected chi connectivity index (χ3v) is 4.07. The SMILES string of the molecule is CCCCCCCCCCCCNc1ncnc2[nH]ncc12.Cl. The number of rotatable bonds is 12. The summed E-state index contributed by atoms with van der Waals surface area (Å²) in [5.74, 6) is 0.884. The molecular weight excluding hydrogens is 310 g/mol. The molecule has 2 heterocycles. The summed E-state index contributed by atoms with van der Waals surface area (Å²) in [6.45, 7) is 3.24. The lowest BCUT2D eigenvalue weighted by atomic mass is 10.1. The van der Waals surface area contributed by atoms with Crippen molar-refractivity contribution in [3.8, 4) is 0 Å². The van der Waals surface area contributed by atoms with Gasteiger partial charge in [-0.3, -0.25) is 5.10 Å². The summed E-state index contributed by atoms with van der Waals surface area (Å²) < 4.78 is 0. The van der Waals surface area contributed by atoms with Crippen LogP contribution >= 0.6 is 12.4 Å². The highest BCUT2D eigenvalue weighted by molar-refractivity contribution is 5.85. The average molecular weight is 340 g/mol. The normalized spacial score (nSPS) is 10.7. The van der Waals surface area contributed by atoms with E-state index in [9.17, 15) is 0 Å². The molecule has 0 aliphatic heterocycles. The zero-order valence-electron chi connectivity index (χ0n) is 14.2. The van der Waals surface area contributed by atoms with Gasteiger partial charge in [0.25, 0.3) is 0 Å². The molecule has 0 radical (unpaired) electrons. The Morgan fingerprint density at radius 1 is 0.913 bits per heavy atom. The molecule has 2 rings (SSSR count). The van der Waals surface area contributed by atoms with Crippen molar-refractivity contribution in [1.82, 2.24) is 20.2 Å². The molecule has 0 fully saturated rings. The van der Waals surface area contributed by atoms with Crippen LogP contribution in [0.2, 0.25) is 0 Å². The van der Waals surface area contributed by atoms with Crippen LogP contribution in [0, 0.1) is 0 Å². The number of unbranched alkanes of at least 4 members (excludes halogenated alkanes) is 9. The van der Waals surface area contributed by atoms with E-state index in [0.29, 0.717) is 0 Å². The molecule has 0 aliphatic rings. The highest BCUT2D eigenvalue weighted by atomic mass is 35.5. The van der Waals surface area contributed by atoms with E-state index in [2.05, 4.69) is 32.4 Å². The minimum absolute atomic E-state index is 0. The van der Waals surface area contributed by atoms with E-state index >= 15 is 0 Å². The molecule has 2 aromatic heterocycles. The Morgan fingerprint density at radius 2 is 1.57 bits per heavy atom. The summed E-state index contributed by atoms with van der Waals surface area (Å²) in [7, 11) is 0. The first kappa shape index (κ1) is 19.7. The molecule has 0 aliphatic carbocycles. The highest BCUT2D eigenvalue weighted by Gasteiger charge is 2.03. The van der Waals surface area contributed by atoms with Crippen molar-refractivity contribution < 1.29 is 0 Å². The average Bonchev–Trinajstić information content (AvgIpc) is 3.02. The van der Waals surface area contributed by atoms with Gasteiger partial charge in [0.2, 0.25) is 0 Å². The minimum Gasteiger partial charge on any atom is -0.369 e. The maximum atomic E-state index is 4.28. The summed E-state index contributed by atoms with van der Waals surface area (Å²) >= 11 is 0. The first-order valence-corrected chi connectivity index (χ1v) is 8.79. The smallest absolute Gasteiger partial charge is 0.160 e. The van der Waals surface area contributed by atoms with E-state index in [1.165, 1.54) is 64.2 Å². The van der Waals surface area contributed by atoms with Crippen LogP contribution in [0.3, 0.4) is 0 Å². The first-order valence-electron chi connectivity index (χ1n) is 8.79. The highest BCUT2D eigenvalue weighted by Crippen LogP contribution is 2.16. The molecule has 0 saturated heterocycles. The largest absolute Gasteiger partial charge is 0.369 e. The van der Waals surface area contributed by atoms with Crippen LogP contribution in [0.5, 0.6) is 0 Å². The summed E-state index contributed by atoms with van der Waals surface area (Å²) in [6.07, 6.45) is 17.0. The van der Waals surface area contributed by atoms with Crippen molar-refractivity contribution in [2.45, 2.75) is 71.1 Å². The van der Waals surface area contributed by atoms with Gasteiger partial charge in [0, 0.05) is 6.54 Å². The number of aromatic amines is 1. The molecule has 0 amide bonds. The van der Waals surface area contributed by atoms with Crippen molar-refractivity contribution in [2.24, 2.45) is 0 Å². The number of halogens is 1. The number of fused-ring (bicyclic) bond motifs is 1. The molecule has 0 atom stereocenters. The lowest BCUT2D eigenvalue weighted by Gasteiger charge is -2.06. The van der Waals surface area contributed by atoms with Crippen LogP contribution in [0.4, 0.5) is 5.82 Å². The molecule has 2 aromatic rings. The topological polar surface area (TPSA) is 66.5 Å².